The van der Waals surface area contributed by atoms with E-state index < -0.39 is 0 Å². The van der Waals surface area contributed by atoms with Crippen molar-refractivity contribution in [2.75, 3.05) is 18.9 Å². The van der Waals surface area contributed by atoms with Crippen molar-refractivity contribution < 1.29 is 4.79 Å². The number of hydrogen-bond acceptors (Lipinski definition) is 2. The largest absolute Gasteiger partial charge is 0.376 e. The van der Waals surface area contributed by atoms with Gasteiger partial charge in [-0.1, -0.05) is 42.5 Å². The summed E-state index contributed by atoms with van der Waals surface area (Å²) in [7, 11) is 1.92. The first-order chi connectivity index (χ1) is 10.8. The Labute approximate surface area is 132 Å². The second kappa shape index (κ2) is 6.65. The highest BCUT2D eigenvalue weighted by atomic mass is 16.2. The van der Waals surface area contributed by atoms with E-state index in [2.05, 4.69) is 29.6 Å². The average Bonchev–Trinajstić information content (AvgIpc) is 2.59. The Morgan fingerprint density at radius 3 is 2.68 bits per heavy atom. The molecule has 0 spiro atoms. The lowest BCUT2D eigenvalue weighted by atomic mass is 9.87. The molecule has 0 aliphatic heterocycles. The molecule has 2 aromatic carbocycles. The zero-order chi connectivity index (χ0) is 15.4. The van der Waals surface area contributed by atoms with Crippen molar-refractivity contribution in [2.45, 2.75) is 25.3 Å². The van der Waals surface area contributed by atoms with Crippen molar-refractivity contribution in [1.29, 1.82) is 0 Å². The fourth-order valence-electron chi connectivity index (χ4n) is 3.16. The zero-order valence-electron chi connectivity index (χ0n) is 13.0. The molecule has 3 rings (SSSR count). The number of likely N-dealkylation sites (N-methyl/N-ethyl adjacent to an activating group) is 1. The molecule has 0 saturated heterocycles. The highest BCUT2D eigenvalue weighted by Crippen LogP contribution is 2.33. The number of benzene rings is 2. The molecule has 1 amide bonds. The summed E-state index contributed by atoms with van der Waals surface area (Å²) in [4.78, 5) is 14.4. The van der Waals surface area contributed by atoms with Gasteiger partial charge in [-0.2, -0.15) is 0 Å². The number of para-hydroxylation sites is 1. The Morgan fingerprint density at radius 2 is 1.86 bits per heavy atom. The second-order valence-electron chi connectivity index (χ2n) is 5.83. The van der Waals surface area contributed by atoms with Crippen LogP contribution in [0.25, 0.3) is 0 Å². The second-order valence-corrected chi connectivity index (χ2v) is 5.83. The van der Waals surface area contributed by atoms with Gasteiger partial charge in [0, 0.05) is 12.7 Å². The third-order valence-corrected chi connectivity index (χ3v) is 4.42. The van der Waals surface area contributed by atoms with Gasteiger partial charge in [0.1, 0.15) is 0 Å². The van der Waals surface area contributed by atoms with Gasteiger partial charge >= 0.3 is 0 Å². The lowest BCUT2D eigenvalue weighted by molar-refractivity contribution is -0.130. The van der Waals surface area contributed by atoms with E-state index in [0.29, 0.717) is 6.54 Å². The first-order valence-electron chi connectivity index (χ1n) is 7.88. The highest BCUT2D eigenvalue weighted by molar-refractivity contribution is 5.81. The maximum absolute atomic E-state index is 12.5. The Balaban J connectivity index is 1.66. The number of fused-ring (bicyclic) bond motifs is 1. The van der Waals surface area contributed by atoms with Gasteiger partial charge < -0.3 is 10.2 Å². The van der Waals surface area contributed by atoms with Crippen LogP contribution in [-0.4, -0.2) is 24.4 Å². The number of hydrogen-bond donors (Lipinski definition) is 1. The third kappa shape index (κ3) is 3.14. The van der Waals surface area contributed by atoms with Crippen molar-refractivity contribution >= 4 is 11.6 Å². The molecule has 1 aliphatic carbocycles. The quantitative estimate of drug-likeness (QED) is 0.934. The van der Waals surface area contributed by atoms with E-state index >= 15 is 0 Å². The number of carbonyl (C=O) groups excluding carboxylic acids is 1. The summed E-state index contributed by atoms with van der Waals surface area (Å²) in [6, 6.07) is 18.6. The lowest BCUT2D eigenvalue weighted by Crippen LogP contribution is -2.36. The van der Waals surface area contributed by atoms with E-state index in [4.69, 9.17) is 0 Å². The summed E-state index contributed by atoms with van der Waals surface area (Å²) in [6.45, 7) is 0.333. The maximum atomic E-state index is 12.5. The summed E-state index contributed by atoms with van der Waals surface area (Å²) >= 11 is 0. The van der Waals surface area contributed by atoms with Crippen molar-refractivity contribution in [3.63, 3.8) is 0 Å². The molecule has 22 heavy (non-hydrogen) atoms. The van der Waals surface area contributed by atoms with Gasteiger partial charge in [-0.05, 0) is 42.5 Å². The van der Waals surface area contributed by atoms with Crippen LogP contribution in [0.4, 0.5) is 5.69 Å². The Hall–Kier alpha value is -2.29. The first-order valence-corrected chi connectivity index (χ1v) is 7.88. The zero-order valence-corrected chi connectivity index (χ0v) is 13.0. The standard InChI is InChI=1S/C19H22N2O/c1-21(19(22)14-20-16-10-3-2-4-11-16)18-13-7-9-15-8-5-6-12-17(15)18/h2-6,8,10-12,18,20H,7,9,13-14H2,1H3. The van der Waals surface area contributed by atoms with Gasteiger partial charge in [0.2, 0.25) is 5.91 Å². The lowest BCUT2D eigenvalue weighted by Gasteiger charge is -2.33. The maximum Gasteiger partial charge on any atom is 0.242 e. The minimum Gasteiger partial charge on any atom is -0.376 e. The van der Waals surface area contributed by atoms with E-state index in [1.807, 2.05) is 42.3 Å². The minimum absolute atomic E-state index is 0.130. The van der Waals surface area contributed by atoms with Crippen LogP contribution in [0.3, 0.4) is 0 Å². The fraction of sp³-hybridized carbons (Fsp3) is 0.316. The number of nitrogens with zero attached hydrogens (tertiary/aromatic N) is 1. The molecule has 0 aromatic heterocycles. The molecule has 3 nitrogen and oxygen atoms in total. The van der Waals surface area contributed by atoms with E-state index in [9.17, 15) is 4.79 Å². The smallest absolute Gasteiger partial charge is 0.242 e. The SMILES string of the molecule is CN(C(=O)CNc1ccccc1)C1CCCc2ccccc21. The molecule has 0 fully saturated rings. The fourth-order valence-corrected chi connectivity index (χ4v) is 3.16. The molecule has 1 unspecified atom stereocenters. The van der Waals surface area contributed by atoms with Crippen molar-refractivity contribution in [3.05, 3.63) is 65.7 Å². The van der Waals surface area contributed by atoms with Gasteiger partial charge in [-0.25, -0.2) is 0 Å². The van der Waals surface area contributed by atoms with Crippen LogP contribution in [0.5, 0.6) is 0 Å². The summed E-state index contributed by atoms with van der Waals surface area (Å²) in [5.41, 5.74) is 3.67. The van der Waals surface area contributed by atoms with Crippen LogP contribution in [0.2, 0.25) is 0 Å². The van der Waals surface area contributed by atoms with E-state index in [-0.39, 0.29) is 11.9 Å². The van der Waals surface area contributed by atoms with Crippen LogP contribution in [0, 0.1) is 0 Å². The molecule has 1 atom stereocenters. The number of carbonyl (C=O) groups is 1. The predicted octanol–water partition coefficient (Wildman–Crippen LogP) is 3.63. The number of nitrogens with one attached hydrogen (secondary N) is 1. The normalized spacial score (nSPS) is 16.7. The molecule has 1 aliphatic rings. The molecule has 1 N–H and O–H groups in total. The van der Waals surface area contributed by atoms with E-state index in [1.54, 1.807) is 0 Å². The van der Waals surface area contributed by atoms with E-state index in [0.717, 1.165) is 24.9 Å². The number of aryl methyl sites for hydroxylation is 1. The van der Waals surface area contributed by atoms with Gasteiger partial charge in [0.05, 0.1) is 12.6 Å². The van der Waals surface area contributed by atoms with Crippen molar-refractivity contribution in [3.8, 4) is 0 Å². The molecular weight excluding hydrogens is 272 g/mol. The van der Waals surface area contributed by atoms with Crippen LogP contribution >= 0.6 is 0 Å². The van der Waals surface area contributed by atoms with Gasteiger partial charge in [0.15, 0.2) is 0 Å². The van der Waals surface area contributed by atoms with Gasteiger partial charge in [0.25, 0.3) is 0 Å². The molecule has 0 bridgehead atoms. The monoisotopic (exact) mass is 294 g/mol. The molecule has 2 aromatic rings. The van der Waals surface area contributed by atoms with E-state index in [1.165, 1.54) is 11.1 Å². The summed E-state index contributed by atoms with van der Waals surface area (Å²) in [5, 5.41) is 3.20. The number of rotatable bonds is 4. The molecule has 0 heterocycles. The van der Waals surface area contributed by atoms with Crippen LogP contribution < -0.4 is 5.32 Å². The minimum atomic E-state index is 0.130. The third-order valence-electron chi connectivity index (χ3n) is 4.42. The van der Waals surface area contributed by atoms with Crippen LogP contribution in [-0.2, 0) is 11.2 Å². The number of amides is 1. The van der Waals surface area contributed by atoms with Crippen molar-refractivity contribution in [2.24, 2.45) is 0 Å². The average molecular weight is 294 g/mol. The molecule has 0 saturated carbocycles. The predicted molar refractivity (Wildman–Crippen MR) is 89.8 cm³/mol. The Bertz CT molecular complexity index is 639. The Kier molecular flexibility index (Phi) is 4.42. The van der Waals surface area contributed by atoms with Gasteiger partial charge in [-0.15, -0.1) is 0 Å². The highest BCUT2D eigenvalue weighted by Gasteiger charge is 2.26. The number of anilines is 1. The van der Waals surface area contributed by atoms with Crippen LogP contribution in [0.1, 0.15) is 30.0 Å². The first kappa shape index (κ1) is 14.6. The molecular formula is C19H22N2O. The summed E-state index contributed by atoms with van der Waals surface area (Å²) in [6.07, 6.45) is 3.31. The molecule has 0 radical (unpaired) electrons. The summed E-state index contributed by atoms with van der Waals surface area (Å²) in [5.74, 6) is 0.130. The summed E-state index contributed by atoms with van der Waals surface area (Å²) < 4.78 is 0. The molecule has 114 valence electrons. The topological polar surface area (TPSA) is 32.3 Å². The molecule has 3 heteroatoms. The van der Waals surface area contributed by atoms with Crippen molar-refractivity contribution in [1.82, 2.24) is 4.90 Å². The Morgan fingerprint density at radius 1 is 1.14 bits per heavy atom. The van der Waals surface area contributed by atoms with Gasteiger partial charge in [-0.3, -0.25) is 4.79 Å². The van der Waals surface area contributed by atoms with Crippen LogP contribution in [0.15, 0.2) is 54.6 Å².